The number of allylic oxidation sites excluding steroid dienone is 1. The topological polar surface area (TPSA) is 97.3 Å². The normalized spacial score (nSPS) is 19.9. The third-order valence-corrected chi connectivity index (χ3v) is 9.01. The predicted octanol–water partition coefficient (Wildman–Crippen LogP) is 4.00. The highest BCUT2D eigenvalue weighted by Crippen LogP contribution is 2.27. The Labute approximate surface area is 233 Å². The van der Waals surface area contributed by atoms with Gasteiger partial charge in [0.15, 0.2) is 0 Å². The fourth-order valence-electron chi connectivity index (χ4n) is 5.52. The Hall–Kier alpha value is -3.50. The Morgan fingerprint density at radius 3 is 2.31 bits per heavy atom. The Kier molecular flexibility index (Phi) is 7.86. The van der Waals surface area contributed by atoms with Crippen LogP contribution in [-0.4, -0.2) is 65.5 Å². The number of hydrogen-bond acceptors (Lipinski definition) is 7. The van der Waals surface area contributed by atoms with Crippen molar-refractivity contribution >= 4 is 40.5 Å². The first-order valence-corrected chi connectivity index (χ1v) is 14.4. The van der Waals surface area contributed by atoms with Crippen LogP contribution in [0.25, 0.3) is 0 Å². The second-order valence-electron chi connectivity index (χ2n) is 10.6. The second kappa shape index (κ2) is 11.3. The summed E-state index contributed by atoms with van der Waals surface area (Å²) < 4.78 is 0. The van der Waals surface area contributed by atoms with E-state index in [9.17, 15) is 14.4 Å². The van der Waals surface area contributed by atoms with E-state index in [0.29, 0.717) is 38.5 Å². The number of likely N-dealkylation sites (tertiary alicyclic amines) is 2. The summed E-state index contributed by atoms with van der Waals surface area (Å²) >= 11 is 1.19. The Bertz CT molecular complexity index is 1350. The zero-order chi connectivity index (χ0) is 27.7. The highest BCUT2D eigenvalue weighted by Gasteiger charge is 2.32. The monoisotopic (exact) mass is 548 g/mol. The van der Waals surface area contributed by atoms with Crippen molar-refractivity contribution in [2.75, 3.05) is 31.2 Å². The third-order valence-electron chi connectivity index (χ3n) is 7.94. The number of nitrogens with one attached hydrogen (secondary N) is 2. The number of nitrogens with zero attached hydrogens (tertiary/aromatic N) is 4. The molecule has 3 aliphatic heterocycles. The average Bonchev–Trinajstić information content (AvgIpc) is 3.69. The summed E-state index contributed by atoms with van der Waals surface area (Å²) in [5.41, 5.74) is 9.92. The van der Waals surface area contributed by atoms with E-state index in [1.165, 1.54) is 42.3 Å². The first-order chi connectivity index (χ1) is 18.7. The number of anilines is 1. The lowest BCUT2D eigenvalue weighted by Crippen LogP contribution is -2.45. The molecule has 1 aromatic carbocycles. The van der Waals surface area contributed by atoms with E-state index in [2.05, 4.69) is 20.9 Å². The van der Waals surface area contributed by atoms with Crippen molar-refractivity contribution in [2.24, 2.45) is 5.10 Å². The number of thiophene rings is 1. The minimum atomic E-state index is -0.363. The Morgan fingerprint density at radius 1 is 0.923 bits per heavy atom. The summed E-state index contributed by atoms with van der Waals surface area (Å²) in [4.78, 5) is 44.5. The molecular weight excluding hydrogens is 512 g/mol. The molecule has 9 nitrogen and oxygen atoms in total. The highest BCUT2D eigenvalue weighted by molar-refractivity contribution is 7.15. The lowest BCUT2D eigenvalue weighted by atomic mass is 10.0. The standard InChI is InChI=1S/C29H36N6O3S/c1-18-7-8-23(17-19(18)2)35-29(38)26(21(4)32-35)20(3)30-31-27(36)24-9-10-25(39-24)28(37)34-15-11-22(12-16-34)33-13-5-6-14-33/h7-10,17,22,30H,5-6,11-16H2,1-4H3,(H,31,36)/b26-20-. The summed E-state index contributed by atoms with van der Waals surface area (Å²) in [5, 5.41) is 5.82. The summed E-state index contributed by atoms with van der Waals surface area (Å²) in [6.45, 7) is 11.4. The molecule has 39 heavy (non-hydrogen) atoms. The molecule has 3 amide bonds. The minimum absolute atomic E-state index is 0.0139. The minimum Gasteiger partial charge on any atom is -0.338 e. The van der Waals surface area contributed by atoms with Crippen molar-refractivity contribution < 1.29 is 14.4 Å². The van der Waals surface area contributed by atoms with Gasteiger partial charge in [0.2, 0.25) is 0 Å². The number of hydrazine groups is 1. The molecule has 4 heterocycles. The molecule has 0 radical (unpaired) electrons. The van der Waals surface area contributed by atoms with Gasteiger partial charge in [-0.3, -0.25) is 19.8 Å². The summed E-state index contributed by atoms with van der Waals surface area (Å²) in [7, 11) is 0. The van der Waals surface area contributed by atoms with E-state index < -0.39 is 0 Å². The van der Waals surface area contributed by atoms with Gasteiger partial charge >= 0.3 is 0 Å². The number of carbonyl (C=O) groups is 3. The van der Waals surface area contributed by atoms with E-state index in [-0.39, 0.29) is 17.7 Å². The number of aryl methyl sites for hydroxylation is 2. The van der Waals surface area contributed by atoms with Crippen LogP contribution in [0.3, 0.4) is 0 Å². The number of carbonyl (C=O) groups excluding carboxylic acids is 3. The molecule has 2 N–H and O–H groups in total. The largest absolute Gasteiger partial charge is 0.338 e. The molecule has 2 saturated heterocycles. The van der Waals surface area contributed by atoms with Crippen LogP contribution >= 0.6 is 11.3 Å². The van der Waals surface area contributed by atoms with Crippen molar-refractivity contribution in [1.29, 1.82) is 0 Å². The summed E-state index contributed by atoms with van der Waals surface area (Å²) in [6, 6.07) is 9.74. The average molecular weight is 549 g/mol. The zero-order valence-electron chi connectivity index (χ0n) is 23.0. The lowest BCUT2D eigenvalue weighted by molar-refractivity contribution is -0.114. The molecule has 0 atom stereocenters. The van der Waals surface area contributed by atoms with Crippen molar-refractivity contribution in [1.82, 2.24) is 20.7 Å². The molecule has 0 spiro atoms. The molecule has 2 fully saturated rings. The highest BCUT2D eigenvalue weighted by atomic mass is 32.1. The smallest absolute Gasteiger partial charge is 0.282 e. The van der Waals surface area contributed by atoms with Crippen molar-refractivity contribution in [2.45, 2.75) is 59.4 Å². The fourth-order valence-corrected chi connectivity index (χ4v) is 6.39. The Morgan fingerprint density at radius 2 is 1.62 bits per heavy atom. The third kappa shape index (κ3) is 5.62. The van der Waals surface area contributed by atoms with E-state index >= 15 is 0 Å². The van der Waals surface area contributed by atoms with Crippen molar-refractivity contribution in [3.63, 3.8) is 0 Å². The van der Waals surface area contributed by atoms with Crippen LogP contribution in [0.2, 0.25) is 0 Å². The van der Waals surface area contributed by atoms with Crippen LogP contribution in [-0.2, 0) is 4.79 Å². The van der Waals surface area contributed by atoms with Crippen LogP contribution in [0.15, 0.2) is 46.7 Å². The number of hydrogen-bond donors (Lipinski definition) is 2. The predicted molar refractivity (Wildman–Crippen MR) is 154 cm³/mol. The quantitative estimate of drug-likeness (QED) is 0.420. The maximum absolute atomic E-state index is 13.2. The van der Waals surface area contributed by atoms with Crippen LogP contribution in [0.4, 0.5) is 5.69 Å². The molecule has 5 rings (SSSR count). The van der Waals surface area contributed by atoms with Crippen LogP contribution < -0.4 is 15.9 Å². The van der Waals surface area contributed by atoms with Gasteiger partial charge in [0.05, 0.1) is 26.7 Å². The number of hydrazone groups is 1. The molecule has 0 unspecified atom stereocenters. The molecule has 0 saturated carbocycles. The number of benzene rings is 1. The van der Waals surface area contributed by atoms with Crippen LogP contribution in [0.5, 0.6) is 0 Å². The zero-order valence-corrected chi connectivity index (χ0v) is 23.9. The molecular formula is C29H36N6O3S. The van der Waals surface area contributed by atoms with Crippen LogP contribution in [0.1, 0.15) is 70.0 Å². The maximum atomic E-state index is 13.2. The molecule has 0 bridgehead atoms. The molecule has 0 aliphatic carbocycles. The van der Waals surface area contributed by atoms with Gasteiger partial charge in [-0.05, 0) is 102 Å². The lowest BCUT2D eigenvalue weighted by Gasteiger charge is -2.36. The molecule has 3 aliphatic rings. The van der Waals surface area contributed by atoms with Crippen LogP contribution in [0, 0.1) is 13.8 Å². The van der Waals surface area contributed by atoms with Crippen molar-refractivity contribution in [3.8, 4) is 0 Å². The van der Waals surface area contributed by atoms with Gasteiger partial charge in [-0.25, -0.2) is 0 Å². The molecule has 2 aromatic rings. The Balaban J connectivity index is 1.17. The van der Waals surface area contributed by atoms with E-state index in [0.717, 1.165) is 37.1 Å². The maximum Gasteiger partial charge on any atom is 0.282 e. The molecule has 1 aromatic heterocycles. The van der Waals surface area contributed by atoms with E-state index in [1.807, 2.05) is 36.9 Å². The van der Waals surface area contributed by atoms with Gasteiger partial charge in [-0.2, -0.15) is 10.1 Å². The van der Waals surface area contributed by atoms with Gasteiger partial charge in [-0.15, -0.1) is 11.3 Å². The van der Waals surface area contributed by atoms with Gasteiger partial charge in [0.1, 0.15) is 0 Å². The van der Waals surface area contributed by atoms with Gasteiger partial charge < -0.3 is 15.2 Å². The van der Waals surface area contributed by atoms with Gasteiger partial charge in [0.25, 0.3) is 17.7 Å². The fraction of sp³-hybridized carbons (Fsp3) is 0.448. The first-order valence-electron chi connectivity index (χ1n) is 13.6. The molecule has 10 heteroatoms. The van der Waals surface area contributed by atoms with Gasteiger partial charge in [-0.1, -0.05) is 6.07 Å². The number of amides is 3. The summed E-state index contributed by atoms with van der Waals surface area (Å²) in [6.07, 6.45) is 4.56. The molecule has 206 valence electrons. The number of piperidine rings is 1. The summed E-state index contributed by atoms with van der Waals surface area (Å²) in [5.74, 6) is -0.634. The van der Waals surface area contributed by atoms with E-state index in [4.69, 9.17) is 0 Å². The van der Waals surface area contributed by atoms with Gasteiger partial charge in [0, 0.05) is 24.8 Å². The van der Waals surface area contributed by atoms with E-state index in [1.54, 1.807) is 26.0 Å². The van der Waals surface area contributed by atoms with Crippen molar-refractivity contribution in [3.05, 3.63) is 62.5 Å². The second-order valence-corrected chi connectivity index (χ2v) is 11.7. The first kappa shape index (κ1) is 27.1. The SMILES string of the molecule is CC1=NN(c2ccc(C)c(C)c2)C(=O)/C1=C(/C)NNC(=O)c1ccc(C(=O)N2CCC(N3CCCC3)CC2)s1. The number of rotatable bonds is 6.